The molecule has 2 aromatic heterocycles. The Balaban J connectivity index is 1.39. The van der Waals surface area contributed by atoms with Crippen LogP contribution in [-0.4, -0.2) is 0 Å². The minimum atomic E-state index is -4.85. The van der Waals surface area contributed by atoms with Crippen molar-refractivity contribution in [2.45, 2.75) is 12.4 Å². The van der Waals surface area contributed by atoms with E-state index in [2.05, 4.69) is 0 Å². The van der Waals surface area contributed by atoms with E-state index < -0.39 is 47.0 Å². The van der Waals surface area contributed by atoms with Crippen molar-refractivity contribution in [1.82, 2.24) is 0 Å². The highest BCUT2D eigenvalue weighted by Crippen LogP contribution is 2.45. The molecule has 12 heteroatoms. The molecule has 0 aliphatic carbocycles. The van der Waals surface area contributed by atoms with Gasteiger partial charge >= 0.3 is 24.2 Å². The number of hydrogen-bond acceptors (Lipinski definition) is 4. The lowest BCUT2D eigenvalue weighted by molar-refractivity contribution is -0.140. The van der Waals surface area contributed by atoms with Crippen molar-refractivity contribution in [2.24, 2.45) is 0 Å². The molecular weight excluding hydrogens is 552 g/mol. The number of benzene rings is 3. The molecule has 3 aromatic carbocycles. The summed E-state index contributed by atoms with van der Waals surface area (Å²) in [7, 11) is 0. The second-order valence-electron chi connectivity index (χ2n) is 8.31. The summed E-state index contributed by atoms with van der Waals surface area (Å²) < 4.78 is 129. The molecule has 0 atom stereocenters. The summed E-state index contributed by atoms with van der Waals surface area (Å²) >= 11 is 0. The zero-order chi connectivity index (χ0) is 28.7. The Kier molecular flexibility index (Phi) is 6.78. The highest BCUT2D eigenvalue weighted by Gasteiger charge is 2.39. The molecule has 0 saturated heterocycles. The maximum absolute atomic E-state index is 13.6. The van der Waals surface area contributed by atoms with Gasteiger partial charge in [0.15, 0.2) is 0 Å². The number of furan rings is 2. The number of alkyl halides is 6. The third-order valence-corrected chi connectivity index (χ3v) is 5.51. The first-order valence-corrected chi connectivity index (χ1v) is 11.3. The molecule has 5 aromatic rings. The van der Waals surface area contributed by atoms with Crippen molar-refractivity contribution >= 4 is 0 Å². The van der Waals surface area contributed by atoms with E-state index in [1.165, 1.54) is 24.3 Å². The maximum atomic E-state index is 13.6. The van der Waals surface area contributed by atoms with E-state index in [0.29, 0.717) is 12.1 Å². The fourth-order valence-electron chi connectivity index (χ4n) is 3.60. The lowest BCUT2D eigenvalue weighted by atomic mass is 10.1. The van der Waals surface area contributed by atoms with E-state index in [0.717, 1.165) is 48.5 Å². The maximum Gasteiger partial charge on any atom is 0.423 e. The smallest absolute Gasteiger partial charge is 0.423 e. The topological polar surface area (TPSA) is 44.7 Å². The van der Waals surface area contributed by atoms with Crippen LogP contribution >= 0.6 is 0 Å². The molecule has 5 rings (SSSR count). The number of ether oxygens (including phenoxy) is 2. The van der Waals surface area contributed by atoms with E-state index in [-0.39, 0.29) is 34.1 Å². The Hall–Kier alpha value is -4.74. The van der Waals surface area contributed by atoms with Crippen LogP contribution < -0.4 is 9.47 Å². The number of halogens is 8. The summed E-state index contributed by atoms with van der Waals surface area (Å²) in [5, 5.41) is 0. The summed E-state index contributed by atoms with van der Waals surface area (Å²) in [4.78, 5) is 0. The first-order chi connectivity index (χ1) is 18.9. The van der Waals surface area contributed by atoms with Crippen molar-refractivity contribution in [2.75, 3.05) is 0 Å². The Bertz CT molecular complexity index is 1490. The molecule has 0 N–H and O–H groups in total. The molecular formula is C28H14F8O4. The zero-order valence-electron chi connectivity index (χ0n) is 19.7. The first kappa shape index (κ1) is 26.9. The second kappa shape index (κ2) is 10.1. The number of hydrogen-bond donors (Lipinski definition) is 0. The minimum Gasteiger partial charge on any atom is -0.426 e. The Morgan fingerprint density at radius 1 is 0.475 bits per heavy atom. The molecule has 0 spiro atoms. The average Bonchev–Trinajstić information content (AvgIpc) is 3.51. The predicted molar refractivity (Wildman–Crippen MR) is 125 cm³/mol. The first-order valence-electron chi connectivity index (χ1n) is 11.3. The quantitative estimate of drug-likeness (QED) is 0.192. The average molecular weight is 566 g/mol. The van der Waals surface area contributed by atoms with E-state index in [1.807, 2.05) is 0 Å². The molecule has 0 bridgehead atoms. The van der Waals surface area contributed by atoms with Crippen LogP contribution in [0.2, 0.25) is 0 Å². The molecule has 0 aliphatic heterocycles. The highest BCUT2D eigenvalue weighted by molar-refractivity contribution is 5.61. The SMILES string of the molecule is Fc1ccc(-c2cc(C(F)(F)F)c(Oc3ccc(Oc4oc(-c5ccc(F)cc5)cc4C(F)(F)F)cc3)o2)cc1. The fourth-order valence-corrected chi connectivity index (χ4v) is 3.60. The fraction of sp³-hybridized carbons (Fsp3) is 0.0714. The van der Waals surface area contributed by atoms with Crippen molar-refractivity contribution in [3.8, 4) is 46.0 Å². The van der Waals surface area contributed by atoms with Crippen LogP contribution in [0, 0.1) is 11.6 Å². The molecule has 0 radical (unpaired) electrons. The molecule has 0 saturated carbocycles. The molecule has 0 amide bonds. The van der Waals surface area contributed by atoms with Gasteiger partial charge in [0.25, 0.3) is 0 Å². The van der Waals surface area contributed by atoms with Crippen LogP contribution in [-0.2, 0) is 12.4 Å². The summed E-state index contributed by atoms with van der Waals surface area (Å²) in [5.74, 6) is -3.72. The molecule has 4 nitrogen and oxygen atoms in total. The van der Waals surface area contributed by atoms with Crippen molar-refractivity contribution < 1.29 is 53.4 Å². The summed E-state index contributed by atoms with van der Waals surface area (Å²) in [6.07, 6.45) is -9.70. The van der Waals surface area contributed by atoms with E-state index in [9.17, 15) is 35.1 Å². The van der Waals surface area contributed by atoms with Gasteiger partial charge in [-0.15, -0.1) is 0 Å². The molecule has 206 valence electrons. The lowest BCUT2D eigenvalue weighted by Crippen LogP contribution is -2.05. The minimum absolute atomic E-state index is 0.152. The largest absolute Gasteiger partial charge is 0.426 e. The van der Waals surface area contributed by atoms with Crippen LogP contribution in [0.15, 0.2) is 93.8 Å². The van der Waals surface area contributed by atoms with Crippen LogP contribution in [0.3, 0.4) is 0 Å². The van der Waals surface area contributed by atoms with Crippen molar-refractivity contribution in [3.63, 3.8) is 0 Å². The van der Waals surface area contributed by atoms with Crippen molar-refractivity contribution in [3.05, 3.63) is 108 Å². The molecule has 2 heterocycles. The Morgan fingerprint density at radius 2 is 0.800 bits per heavy atom. The summed E-state index contributed by atoms with van der Waals surface area (Å²) in [5.41, 5.74) is -2.12. The zero-order valence-corrected chi connectivity index (χ0v) is 19.7. The van der Waals surface area contributed by atoms with Gasteiger partial charge in [-0.1, -0.05) is 0 Å². The van der Waals surface area contributed by atoms with Gasteiger partial charge in [-0.05, 0) is 72.8 Å². The second-order valence-corrected chi connectivity index (χ2v) is 8.31. The van der Waals surface area contributed by atoms with Gasteiger partial charge in [-0.25, -0.2) is 8.78 Å². The Morgan fingerprint density at radius 3 is 1.10 bits per heavy atom. The van der Waals surface area contributed by atoms with Crippen LogP contribution in [0.5, 0.6) is 23.4 Å². The van der Waals surface area contributed by atoms with E-state index >= 15 is 0 Å². The normalized spacial score (nSPS) is 12.0. The van der Waals surface area contributed by atoms with E-state index in [1.54, 1.807) is 0 Å². The van der Waals surface area contributed by atoms with Crippen LogP contribution in [0.25, 0.3) is 22.6 Å². The van der Waals surface area contributed by atoms with Gasteiger partial charge in [-0.3, -0.25) is 0 Å². The van der Waals surface area contributed by atoms with Crippen molar-refractivity contribution in [1.29, 1.82) is 0 Å². The molecule has 40 heavy (non-hydrogen) atoms. The van der Waals surface area contributed by atoms with E-state index in [4.69, 9.17) is 18.3 Å². The van der Waals surface area contributed by atoms with Gasteiger partial charge in [0, 0.05) is 23.3 Å². The molecule has 0 aliphatic rings. The van der Waals surface area contributed by atoms with Gasteiger partial charge in [0.05, 0.1) is 0 Å². The lowest BCUT2D eigenvalue weighted by Gasteiger charge is -2.09. The number of rotatable bonds is 6. The summed E-state index contributed by atoms with van der Waals surface area (Å²) in [6.45, 7) is 0. The highest BCUT2D eigenvalue weighted by atomic mass is 19.4. The summed E-state index contributed by atoms with van der Waals surface area (Å²) in [6, 6.07) is 15.1. The standard InChI is InChI=1S/C28H14F8O4/c29-17-5-1-15(2-6-17)23-13-21(27(31,32)33)25(39-23)37-19-9-11-20(12-10-19)38-26-22(28(34,35)36)14-24(40-26)16-3-7-18(30)8-4-16/h1-14H. The van der Waals surface area contributed by atoms with Gasteiger partial charge < -0.3 is 18.3 Å². The Labute approximate surface area is 220 Å². The van der Waals surface area contributed by atoms with Crippen LogP contribution in [0.4, 0.5) is 35.1 Å². The predicted octanol–water partition coefficient (Wildman–Crippen LogP) is 10.1. The third kappa shape index (κ3) is 5.80. The van der Waals surface area contributed by atoms with Gasteiger partial charge in [0.2, 0.25) is 0 Å². The third-order valence-electron chi connectivity index (χ3n) is 5.51. The van der Waals surface area contributed by atoms with Gasteiger partial charge in [0.1, 0.15) is 45.8 Å². The van der Waals surface area contributed by atoms with Gasteiger partial charge in [-0.2, -0.15) is 26.3 Å². The molecule has 0 unspecified atom stereocenters. The van der Waals surface area contributed by atoms with Crippen LogP contribution in [0.1, 0.15) is 11.1 Å². The monoisotopic (exact) mass is 566 g/mol. The molecule has 0 fully saturated rings.